The smallest absolute Gasteiger partial charge is 0.246 e. The topological polar surface area (TPSA) is 50.8 Å². The first-order valence-electron chi connectivity index (χ1n) is 6.26. The van der Waals surface area contributed by atoms with Gasteiger partial charge in [0.15, 0.2) is 11.5 Å². The van der Waals surface area contributed by atoms with Crippen LogP contribution in [0.3, 0.4) is 0 Å². The molecule has 104 valence electrons. The van der Waals surface area contributed by atoms with Crippen molar-refractivity contribution in [1.29, 1.82) is 0 Å². The van der Waals surface area contributed by atoms with Gasteiger partial charge in [0.05, 0.1) is 14.2 Å². The third-order valence-corrected chi connectivity index (χ3v) is 3.66. The van der Waals surface area contributed by atoms with Crippen molar-refractivity contribution in [2.24, 2.45) is 0 Å². The molecule has 5 heteroatoms. The summed E-state index contributed by atoms with van der Waals surface area (Å²) < 4.78 is 10.5. The first-order valence-corrected chi connectivity index (χ1v) is 6.26. The molecule has 19 heavy (non-hydrogen) atoms. The Morgan fingerprint density at radius 3 is 2.58 bits per heavy atom. The number of hydrogen-bond acceptors (Lipinski definition) is 4. The fourth-order valence-corrected chi connectivity index (χ4v) is 2.41. The van der Waals surface area contributed by atoms with E-state index in [2.05, 4.69) is 5.32 Å². The van der Waals surface area contributed by atoms with Crippen molar-refractivity contribution in [3.8, 4) is 11.5 Å². The van der Waals surface area contributed by atoms with Gasteiger partial charge in [-0.1, -0.05) is 6.07 Å². The van der Waals surface area contributed by atoms with Gasteiger partial charge in [-0.2, -0.15) is 0 Å². The minimum absolute atomic E-state index is 0.0611. The number of hydrogen-bond donors (Lipinski definition) is 1. The molecule has 1 amide bonds. The first-order chi connectivity index (χ1) is 9.02. The molecular weight excluding hydrogens is 244 g/mol. The average Bonchev–Trinajstić information content (AvgIpc) is 2.43. The Kier molecular flexibility index (Phi) is 3.66. The molecule has 0 saturated carbocycles. The Bertz CT molecular complexity index is 490. The molecule has 1 unspecified atom stereocenters. The van der Waals surface area contributed by atoms with E-state index in [1.165, 1.54) is 0 Å². The number of methoxy groups -OCH3 is 2. The predicted molar refractivity (Wildman–Crippen MR) is 72.5 cm³/mol. The van der Waals surface area contributed by atoms with Gasteiger partial charge >= 0.3 is 0 Å². The number of ether oxygens (including phenoxy) is 2. The molecular formula is C14H20N2O3. The number of likely N-dealkylation sites (N-methyl/N-ethyl adjacent to an activating group) is 1. The zero-order valence-corrected chi connectivity index (χ0v) is 11.8. The Morgan fingerprint density at radius 2 is 1.95 bits per heavy atom. The van der Waals surface area contributed by atoms with Crippen molar-refractivity contribution in [3.05, 3.63) is 23.8 Å². The summed E-state index contributed by atoms with van der Waals surface area (Å²) in [6.45, 7) is 3.39. The normalized spacial score (nSPS) is 23.4. The van der Waals surface area contributed by atoms with Gasteiger partial charge in [-0.25, -0.2) is 0 Å². The molecule has 1 N–H and O–H groups in total. The van der Waals surface area contributed by atoms with Gasteiger partial charge < -0.3 is 14.4 Å². The number of piperazine rings is 1. The summed E-state index contributed by atoms with van der Waals surface area (Å²) in [6.07, 6.45) is 0. The summed E-state index contributed by atoms with van der Waals surface area (Å²) in [5, 5.41) is 3.29. The van der Waals surface area contributed by atoms with Gasteiger partial charge in [-0.15, -0.1) is 0 Å². The second-order valence-corrected chi connectivity index (χ2v) is 4.85. The van der Waals surface area contributed by atoms with Crippen LogP contribution in [0.1, 0.15) is 12.5 Å². The fraction of sp³-hybridized carbons (Fsp3) is 0.500. The van der Waals surface area contributed by atoms with E-state index >= 15 is 0 Å². The number of carbonyl (C=O) groups excluding carboxylic acids is 1. The van der Waals surface area contributed by atoms with Crippen LogP contribution in [0.5, 0.6) is 11.5 Å². The highest BCUT2D eigenvalue weighted by atomic mass is 16.5. The van der Waals surface area contributed by atoms with Gasteiger partial charge in [0, 0.05) is 20.1 Å². The Labute approximate surface area is 113 Å². The van der Waals surface area contributed by atoms with Crippen LogP contribution < -0.4 is 14.8 Å². The van der Waals surface area contributed by atoms with Gasteiger partial charge in [-0.05, 0) is 24.6 Å². The largest absolute Gasteiger partial charge is 0.493 e. The first kappa shape index (κ1) is 13.7. The zero-order valence-electron chi connectivity index (χ0n) is 11.8. The van der Waals surface area contributed by atoms with Crippen LogP contribution in [0.25, 0.3) is 0 Å². The SMILES string of the molecule is COc1ccc(C2(C)NCCN(C)C2=O)cc1OC. The van der Waals surface area contributed by atoms with Crippen molar-refractivity contribution >= 4 is 5.91 Å². The summed E-state index contributed by atoms with van der Waals surface area (Å²) >= 11 is 0. The summed E-state index contributed by atoms with van der Waals surface area (Å²) in [4.78, 5) is 14.1. The molecule has 0 radical (unpaired) electrons. The second kappa shape index (κ2) is 5.09. The van der Waals surface area contributed by atoms with Gasteiger partial charge in [-0.3, -0.25) is 10.1 Å². The molecule has 2 rings (SSSR count). The molecule has 1 saturated heterocycles. The minimum Gasteiger partial charge on any atom is -0.493 e. The summed E-state index contributed by atoms with van der Waals surface area (Å²) in [7, 11) is 5.01. The lowest BCUT2D eigenvalue weighted by Gasteiger charge is -2.39. The maximum atomic E-state index is 12.4. The number of nitrogens with zero attached hydrogens (tertiary/aromatic N) is 1. The van der Waals surface area contributed by atoms with Crippen molar-refractivity contribution in [2.75, 3.05) is 34.4 Å². The number of benzene rings is 1. The molecule has 5 nitrogen and oxygen atoms in total. The van der Waals surface area contributed by atoms with Crippen LogP contribution in [0.2, 0.25) is 0 Å². The van der Waals surface area contributed by atoms with Crippen LogP contribution in [-0.4, -0.2) is 45.2 Å². The van der Waals surface area contributed by atoms with Crippen LogP contribution >= 0.6 is 0 Å². The maximum absolute atomic E-state index is 12.4. The predicted octanol–water partition coefficient (Wildman–Crippen LogP) is 0.981. The number of rotatable bonds is 3. The molecule has 1 aromatic carbocycles. The van der Waals surface area contributed by atoms with E-state index < -0.39 is 5.54 Å². The van der Waals surface area contributed by atoms with Crippen LogP contribution in [0.4, 0.5) is 0 Å². The summed E-state index contributed by atoms with van der Waals surface area (Å²) in [5.41, 5.74) is 0.161. The van der Waals surface area contributed by atoms with Crippen LogP contribution in [0, 0.1) is 0 Å². The van der Waals surface area contributed by atoms with Gasteiger partial charge in [0.1, 0.15) is 5.54 Å². The molecule has 1 fully saturated rings. The van der Waals surface area contributed by atoms with E-state index in [0.29, 0.717) is 11.5 Å². The van der Waals surface area contributed by atoms with E-state index in [1.807, 2.05) is 32.2 Å². The highest BCUT2D eigenvalue weighted by molar-refractivity contribution is 5.88. The number of nitrogens with one attached hydrogen (secondary N) is 1. The van der Waals surface area contributed by atoms with E-state index in [-0.39, 0.29) is 5.91 Å². The van der Waals surface area contributed by atoms with Gasteiger partial charge in [0.25, 0.3) is 0 Å². The Hall–Kier alpha value is -1.75. The lowest BCUT2D eigenvalue weighted by Crippen LogP contribution is -2.59. The molecule has 1 aliphatic rings. The minimum atomic E-state index is -0.716. The molecule has 1 heterocycles. The number of carbonyl (C=O) groups is 1. The van der Waals surface area contributed by atoms with Crippen molar-refractivity contribution < 1.29 is 14.3 Å². The lowest BCUT2D eigenvalue weighted by molar-refractivity contribution is -0.139. The van der Waals surface area contributed by atoms with E-state index in [4.69, 9.17) is 9.47 Å². The second-order valence-electron chi connectivity index (χ2n) is 4.85. The maximum Gasteiger partial charge on any atom is 0.246 e. The molecule has 1 aliphatic heterocycles. The van der Waals surface area contributed by atoms with Gasteiger partial charge in [0.2, 0.25) is 5.91 Å². The highest BCUT2D eigenvalue weighted by Gasteiger charge is 2.40. The average molecular weight is 264 g/mol. The van der Waals surface area contributed by atoms with Crippen LogP contribution in [0.15, 0.2) is 18.2 Å². The fourth-order valence-electron chi connectivity index (χ4n) is 2.41. The van der Waals surface area contributed by atoms with Crippen LogP contribution in [-0.2, 0) is 10.3 Å². The van der Waals surface area contributed by atoms with Crippen molar-refractivity contribution in [1.82, 2.24) is 10.2 Å². The number of amides is 1. The summed E-state index contributed by atoms with van der Waals surface area (Å²) in [5.74, 6) is 1.35. The zero-order chi connectivity index (χ0) is 14.0. The van der Waals surface area contributed by atoms with Crippen molar-refractivity contribution in [2.45, 2.75) is 12.5 Å². The Balaban J connectivity index is 2.42. The molecule has 0 aliphatic carbocycles. The van der Waals surface area contributed by atoms with E-state index in [9.17, 15) is 4.79 Å². The molecule has 0 aromatic heterocycles. The van der Waals surface area contributed by atoms with Crippen molar-refractivity contribution in [3.63, 3.8) is 0 Å². The van der Waals surface area contributed by atoms with E-state index in [0.717, 1.165) is 18.7 Å². The van der Waals surface area contributed by atoms with E-state index in [1.54, 1.807) is 19.1 Å². The summed E-state index contributed by atoms with van der Waals surface area (Å²) in [6, 6.07) is 5.57. The quantitative estimate of drug-likeness (QED) is 0.884. The molecule has 1 aromatic rings. The molecule has 0 bridgehead atoms. The molecule has 0 spiro atoms. The third kappa shape index (κ3) is 2.26. The monoisotopic (exact) mass is 264 g/mol. The standard InChI is InChI=1S/C14H20N2O3/c1-14(13(17)16(2)8-7-15-14)10-5-6-11(18-3)12(9-10)19-4/h5-6,9,15H,7-8H2,1-4H3. The third-order valence-electron chi connectivity index (χ3n) is 3.66. The molecule has 1 atom stereocenters. The lowest BCUT2D eigenvalue weighted by atomic mass is 9.88. The highest BCUT2D eigenvalue weighted by Crippen LogP contribution is 2.33. The Morgan fingerprint density at radius 1 is 1.26 bits per heavy atom.